The van der Waals surface area contributed by atoms with Gasteiger partial charge in [-0.05, 0) is 12.0 Å². The lowest BCUT2D eigenvalue weighted by molar-refractivity contribution is -0.121. The van der Waals surface area contributed by atoms with Crippen LogP contribution in [0.3, 0.4) is 0 Å². The van der Waals surface area contributed by atoms with Gasteiger partial charge in [0.2, 0.25) is 5.91 Å². The van der Waals surface area contributed by atoms with E-state index in [1.54, 1.807) is 7.05 Å². The van der Waals surface area contributed by atoms with Crippen molar-refractivity contribution in [2.75, 3.05) is 20.1 Å². The Morgan fingerprint density at radius 2 is 2.16 bits per heavy atom. The second kappa shape index (κ2) is 6.22. The summed E-state index contributed by atoms with van der Waals surface area (Å²) >= 11 is 0. The molecule has 1 aromatic rings. The molecule has 0 saturated carbocycles. The number of benzene rings is 1. The molecule has 0 radical (unpaired) electrons. The summed E-state index contributed by atoms with van der Waals surface area (Å²) in [4.78, 5) is 24.3. The van der Waals surface area contributed by atoms with Gasteiger partial charge in [0.1, 0.15) is 6.10 Å². The quantitative estimate of drug-likeness (QED) is 0.867. The molecular formula is C14H18N2O3. The molecule has 5 heteroatoms. The van der Waals surface area contributed by atoms with Gasteiger partial charge in [-0.25, -0.2) is 4.79 Å². The molecule has 0 aromatic heterocycles. The standard InChI is InChI=1S/C14H18N2O3/c1-16-10-12(19-14(16)18)9-15-13(17)8-7-11-5-3-2-4-6-11/h2-6,12H,7-10H2,1H3,(H,15,17). The number of hydrogen-bond acceptors (Lipinski definition) is 3. The van der Waals surface area contributed by atoms with Crippen LogP contribution in [-0.4, -0.2) is 43.1 Å². The van der Waals surface area contributed by atoms with Gasteiger partial charge in [0, 0.05) is 13.5 Å². The van der Waals surface area contributed by atoms with Gasteiger partial charge >= 0.3 is 6.09 Å². The van der Waals surface area contributed by atoms with Crippen molar-refractivity contribution in [2.24, 2.45) is 0 Å². The number of ether oxygens (including phenoxy) is 1. The van der Waals surface area contributed by atoms with Gasteiger partial charge in [-0.15, -0.1) is 0 Å². The molecule has 0 spiro atoms. The molecule has 1 heterocycles. The molecule has 1 N–H and O–H groups in total. The van der Waals surface area contributed by atoms with Crippen LogP contribution >= 0.6 is 0 Å². The summed E-state index contributed by atoms with van der Waals surface area (Å²) in [6, 6.07) is 9.87. The predicted octanol–water partition coefficient (Wildman–Crippen LogP) is 1.19. The number of hydrogen-bond donors (Lipinski definition) is 1. The van der Waals surface area contributed by atoms with Crippen molar-refractivity contribution in [3.8, 4) is 0 Å². The first-order chi connectivity index (χ1) is 9.15. The molecule has 1 saturated heterocycles. The highest BCUT2D eigenvalue weighted by Gasteiger charge is 2.28. The summed E-state index contributed by atoms with van der Waals surface area (Å²) in [6.07, 6.45) is 0.596. The lowest BCUT2D eigenvalue weighted by Crippen LogP contribution is -2.34. The average molecular weight is 262 g/mol. The molecule has 102 valence electrons. The van der Waals surface area contributed by atoms with Gasteiger partial charge in [-0.1, -0.05) is 30.3 Å². The summed E-state index contributed by atoms with van der Waals surface area (Å²) < 4.78 is 5.06. The van der Waals surface area contributed by atoms with E-state index in [0.717, 1.165) is 12.0 Å². The molecule has 1 aliphatic rings. The fraction of sp³-hybridized carbons (Fsp3) is 0.429. The molecule has 1 aliphatic heterocycles. The van der Waals surface area contributed by atoms with E-state index in [9.17, 15) is 9.59 Å². The predicted molar refractivity (Wildman–Crippen MR) is 70.7 cm³/mol. The van der Waals surface area contributed by atoms with E-state index < -0.39 is 0 Å². The SMILES string of the molecule is CN1CC(CNC(=O)CCc2ccccc2)OC1=O. The van der Waals surface area contributed by atoms with Crippen molar-refractivity contribution < 1.29 is 14.3 Å². The molecule has 1 unspecified atom stereocenters. The van der Waals surface area contributed by atoms with Crippen LogP contribution in [0.1, 0.15) is 12.0 Å². The zero-order chi connectivity index (χ0) is 13.7. The normalized spacial score (nSPS) is 18.3. The number of carbonyl (C=O) groups excluding carboxylic acids is 2. The fourth-order valence-electron chi connectivity index (χ4n) is 1.97. The summed E-state index contributed by atoms with van der Waals surface area (Å²) in [7, 11) is 1.68. The van der Waals surface area contributed by atoms with Crippen LogP contribution < -0.4 is 5.32 Å². The van der Waals surface area contributed by atoms with Gasteiger partial charge in [0.15, 0.2) is 0 Å². The largest absolute Gasteiger partial charge is 0.442 e. The van der Waals surface area contributed by atoms with Crippen LogP contribution in [0.2, 0.25) is 0 Å². The van der Waals surface area contributed by atoms with Crippen LogP contribution in [0, 0.1) is 0 Å². The molecule has 2 rings (SSSR count). The Hall–Kier alpha value is -2.04. The summed E-state index contributed by atoms with van der Waals surface area (Å²) in [5.41, 5.74) is 1.14. The third-order valence-electron chi connectivity index (χ3n) is 3.07. The number of cyclic esters (lactones) is 1. The van der Waals surface area contributed by atoms with Crippen LogP contribution in [0.15, 0.2) is 30.3 Å². The Balaban J connectivity index is 1.67. The highest BCUT2D eigenvalue weighted by molar-refractivity contribution is 5.76. The number of nitrogens with one attached hydrogen (secondary N) is 1. The molecule has 1 atom stereocenters. The molecule has 0 bridgehead atoms. The second-order valence-electron chi connectivity index (χ2n) is 4.68. The summed E-state index contributed by atoms with van der Waals surface area (Å²) in [5, 5.41) is 2.79. The van der Waals surface area contributed by atoms with Gasteiger partial charge < -0.3 is 15.0 Å². The van der Waals surface area contributed by atoms with Crippen LogP contribution in [0.4, 0.5) is 4.79 Å². The first kappa shape index (κ1) is 13.4. The smallest absolute Gasteiger partial charge is 0.410 e. The second-order valence-corrected chi connectivity index (χ2v) is 4.68. The van der Waals surface area contributed by atoms with Gasteiger partial charge in [0.25, 0.3) is 0 Å². The van der Waals surface area contributed by atoms with Gasteiger partial charge in [0.05, 0.1) is 13.1 Å². The fourth-order valence-corrected chi connectivity index (χ4v) is 1.97. The van der Waals surface area contributed by atoms with Crippen LogP contribution in [-0.2, 0) is 16.0 Å². The highest BCUT2D eigenvalue weighted by atomic mass is 16.6. The lowest BCUT2D eigenvalue weighted by Gasteiger charge is -2.09. The summed E-state index contributed by atoms with van der Waals surface area (Å²) in [6.45, 7) is 0.904. The molecular weight excluding hydrogens is 244 g/mol. The van der Waals surface area contributed by atoms with E-state index in [-0.39, 0.29) is 18.1 Å². The highest BCUT2D eigenvalue weighted by Crippen LogP contribution is 2.07. The Morgan fingerprint density at radius 3 is 2.79 bits per heavy atom. The summed E-state index contributed by atoms with van der Waals surface area (Å²) in [5.74, 6) is -0.0190. The molecule has 19 heavy (non-hydrogen) atoms. The lowest BCUT2D eigenvalue weighted by atomic mass is 10.1. The van der Waals surface area contributed by atoms with E-state index in [4.69, 9.17) is 4.74 Å². The van der Waals surface area contributed by atoms with Crippen molar-refractivity contribution >= 4 is 12.0 Å². The van der Waals surface area contributed by atoms with Crippen LogP contribution in [0.5, 0.6) is 0 Å². The molecule has 1 fully saturated rings. The van der Waals surface area contributed by atoms with Crippen molar-refractivity contribution in [3.63, 3.8) is 0 Å². The minimum atomic E-state index is -0.330. The van der Waals surface area contributed by atoms with Gasteiger partial charge in [-0.3, -0.25) is 4.79 Å². The Bertz CT molecular complexity index is 447. The number of likely N-dealkylation sites (N-methyl/N-ethyl adjacent to an activating group) is 1. The number of aryl methyl sites for hydroxylation is 1. The third-order valence-corrected chi connectivity index (χ3v) is 3.07. The van der Waals surface area contributed by atoms with Gasteiger partial charge in [-0.2, -0.15) is 0 Å². The van der Waals surface area contributed by atoms with Crippen LogP contribution in [0.25, 0.3) is 0 Å². The average Bonchev–Trinajstić information content (AvgIpc) is 2.74. The molecule has 5 nitrogen and oxygen atoms in total. The molecule has 0 aliphatic carbocycles. The Kier molecular flexibility index (Phi) is 4.39. The monoisotopic (exact) mass is 262 g/mol. The maximum absolute atomic E-state index is 11.7. The first-order valence-electron chi connectivity index (χ1n) is 6.37. The zero-order valence-corrected chi connectivity index (χ0v) is 11.0. The maximum atomic E-state index is 11.7. The van der Waals surface area contributed by atoms with E-state index in [1.165, 1.54) is 4.90 Å². The first-order valence-corrected chi connectivity index (χ1v) is 6.37. The van der Waals surface area contributed by atoms with E-state index in [1.807, 2.05) is 30.3 Å². The van der Waals surface area contributed by atoms with Crippen molar-refractivity contribution in [1.82, 2.24) is 10.2 Å². The van der Waals surface area contributed by atoms with E-state index >= 15 is 0 Å². The zero-order valence-electron chi connectivity index (χ0n) is 11.0. The van der Waals surface area contributed by atoms with Crippen molar-refractivity contribution in [3.05, 3.63) is 35.9 Å². The number of carbonyl (C=O) groups is 2. The molecule has 2 amide bonds. The van der Waals surface area contributed by atoms with Crippen molar-refractivity contribution in [2.45, 2.75) is 18.9 Å². The number of rotatable bonds is 5. The Labute approximate surface area is 112 Å². The topological polar surface area (TPSA) is 58.6 Å². The van der Waals surface area contributed by atoms with E-state index in [0.29, 0.717) is 19.5 Å². The minimum absolute atomic E-state index is 0.0190. The maximum Gasteiger partial charge on any atom is 0.410 e. The number of amides is 2. The minimum Gasteiger partial charge on any atom is -0.442 e. The van der Waals surface area contributed by atoms with E-state index in [2.05, 4.69) is 5.32 Å². The number of nitrogens with zero attached hydrogens (tertiary/aromatic N) is 1. The molecule has 1 aromatic carbocycles. The third kappa shape index (κ3) is 3.98. The van der Waals surface area contributed by atoms with Crippen molar-refractivity contribution in [1.29, 1.82) is 0 Å². The Morgan fingerprint density at radius 1 is 1.42 bits per heavy atom.